The second-order valence-corrected chi connectivity index (χ2v) is 5.44. The molecule has 2 rings (SSSR count). The lowest BCUT2D eigenvalue weighted by Crippen LogP contribution is -2.29. The van der Waals surface area contributed by atoms with Crippen LogP contribution in [-0.4, -0.2) is 18.8 Å². The van der Waals surface area contributed by atoms with Gasteiger partial charge in [-0.05, 0) is 37.9 Å². The zero-order chi connectivity index (χ0) is 10.7. The van der Waals surface area contributed by atoms with Crippen LogP contribution in [0.1, 0.15) is 12.8 Å². The van der Waals surface area contributed by atoms with Crippen molar-refractivity contribution < 1.29 is 0 Å². The first-order valence-corrected chi connectivity index (χ1v) is 6.72. The summed E-state index contributed by atoms with van der Waals surface area (Å²) in [6.07, 6.45) is 2.77. The SMILES string of the molecule is CNC(CSc1ccccc1Cl)C1CC1. The Hall–Kier alpha value is -0.180. The van der Waals surface area contributed by atoms with Crippen molar-refractivity contribution in [2.24, 2.45) is 5.92 Å². The molecule has 1 fully saturated rings. The van der Waals surface area contributed by atoms with Crippen molar-refractivity contribution in [1.29, 1.82) is 0 Å². The quantitative estimate of drug-likeness (QED) is 0.793. The number of rotatable bonds is 5. The van der Waals surface area contributed by atoms with E-state index in [1.54, 1.807) is 0 Å². The molecule has 0 bridgehead atoms. The molecule has 1 unspecified atom stereocenters. The van der Waals surface area contributed by atoms with Crippen LogP contribution >= 0.6 is 23.4 Å². The second-order valence-electron chi connectivity index (χ2n) is 3.97. The molecule has 1 aromatic rings. The monoisotopic (exact) mass is 241 g/mol. The van der Waals surface area contributed by atoms with E-state index in [0.717, 1.165) is 16.7 Å². The molecule has 0 heterocycles. The molecule has 1 aromatic carbocycles. The molecule has 1 saturated carbocycles. The molecule has 0 aliphatic heterocycles. The lowest BCUT2D eigenvalue weighted by atomic mass is 10.2. The summed E-state index contributed by atoms with van der Waals surface area (Å²) in [4.78, 5) is 1.19. The third-order valence-electron chi connectivity index (χ3n) is 2.82. The minimum Gasteiger partial charge on any atom is -0.316 e. The Bertz CT molecular complexity index is 325. The molecule has 82 valence electrons. The van der Waals surface area contributed by atoms with E-state index in [1.165, 1.54) is 17.7 Å². The van der Waals surface area contributed by atoms with Crippen LogP contribution in [0.25, 0.3) is 0 Å². The summed E-state index contributed by atoms with van der Waals surface area (Å²) in [5, 5.41) is 4.26. The van der Waals surface area contributed by atoms with Gasteiger partial charge in [0.15, 0.2) is 0 Å². The maximum Gasteiger partial charge on any atom is 0.0541 e. The predicted octanol–water partition coefficient (Wildman–Crippen LogP) is 3.43. The molecule has 3 heteroatoms. The van der Waals surface area contributed by atoms with Gasteiger partial charge in [0.1, 0.15) is 0 Å². The van der Waals surface area contributed by atoms with Gasteiger partial charge in [-0.15, -0.1) is 11.8 Å². The number of hydrogen-bond acceptors (Lipinski definition) is 2. The molecule has 0 aromatic heterocycles. The van der Waals surface area contributed by atoms with Crippen molar-refractivity contribution in [2.75, 3.05) is 12.8 Å². The van der Waals surface area contributed by atoms with Crippen LogP contribution in [0.5, 0.6) is 0 Å². The van der Waals surface area contributed by atoms with Crippen LogP contribution in [0.15, 0.2) is 29.2 Å². The zero-order valence-corrected chi connectivity index (χ0v) is 10.4. The van der Waals surface area contributed by atoms with Crippen LogP contribution in [0.2, 0.25) is 5.02 Å². The number of hydrogen-bond donors (Lipinski definition) is 1. The number of thioether (sulfide) groups is 1. The van der Waals surface area contributed by atoms with E-state index in [4.69, 9.17) is 11.6 Å². The molecule has 0 saturated heterocycles. The number of benzene rings is 1. The Kier molecular flexibility index (Phi) is 3.95. The highest BCUT2D eigenvalue weighted by molar-refractivity contribution is 7.99. The first-order valence-electron chi connectivity index (χ1n) is 5.36. The molecule has 15 heavy (non-hydrogen) atoms. The van der Waals surface area contributed by atoms with Crippen molar-refractivity contribution in [3.05, 3.63) is 29.3 Å². The van der Waals surface area contributed by atoms with Crippen molar-refractivity contribution in [2.45, 2.75) is 23.8 Å². The van der Waals surface area contributed by atoms with Crippen molar-refractivity contribution >= 4 is 23.4 Å². The highest BCUT2D eigenvalue weighted by Gasteiger charge is 2.29. The van der Waals surface area contributed by atoms with E-state index in [0.29, 0.717) is 6.04 Å². The van der Waals surface area contributed by atoms with Crippen LogP contribution < -0.4 is 5.32 Å². The van der Waals surface area contributed by atoms with E-state index >= 15 is 0 Å². The predicted molar refractivity (Wildman–Crippen MR) is 67.7 cm³/mol. The molecule has 0 amide bonds. The van der Waals surface area contributed by atoms with Gasteiger partial charge in [-0.2, -0.15) is 0 Å². The summed E-state index contributed by atoms with van der Waals surface area (Å²) in [6, 6.07) is 8.70. The average molecular weight is 242 g/mol. The van der Waals surface area contributed by atoms with Gasteiger partial charge < -0.3 is 5.32 Å². The van der Waals surface area contributed by atoms with E-state index in [9.17, 15) is 0 Å². The Morgan fingerprint density at radius 2 is 2.20 bits per heavy atom. The van der Waals surface area contributed by atoms with E-state index in [1.807, 2.05) is 30.0 Å². The van der Waals surface area contributed by atoms with Crippen molar-refractivity contribution in [3.63, 3.8) is 0 Å². The topological polar surface area (TPSA) is 12.0 Å². The van der Waals surface area contributed by atoms with E-state index < -0.39 is 0 Å². The average Bonchev–Trinajstić information content (AvgIpc) is 3.06. The van der Waals surface area contributed by atoms with Gasteiger partial charge in [0.05, 0.1) is 5.02 Å². The minimum atomic E-state index is 0.645. The fraction of sp³-hybridized carbons (Fsp3) is 0.500. The highest BCUT2D eigenvalue weighted by Crippen LogP contribution is 2.36. The normalized spacial score (nSPS) is 17.7. The summed E-state index contributed by atoms with van der Waals surface area (Å²) in [5.74, 6) is 2.01. The molecule has 1 aliphatic rings. The highest BCUT2D eigenvalue weighted by atomic mass is 35.5. The molecule has 1 N–H and O–H groups in total. The molecule has 1 atom stereocenters. The lowest BCUT2D eigenvalue weighted by Gasteiger charge is -2.14. The van der Waals surface area contributed by atoms with Gasteiger partial charge >= 0.3 is 0 Å². The first kappa shape index (κ1) is 11.3. The third-order valence-corrected chi connectivity index (χ3v) is 4.45. The van der Waals surface area contributed by atoms with E-state index in [2.05, 4.69) is 18.4 Å². The number of halogens is 1. The minimum absolute atomic E-state index is 0.645. The summed E-state index contributed by atoms with van der Waals surface area (Å²) < 4.78 is 0. The maximum atomic E-state index is 6.10. The molecular weight excluding hydrogens is 226 g/mol. The van der Waals surface area contributed by atoms with Gasteiger partial charge in [0, 0.05) is 16.7 Å². The lowest BCUT2D eigenvalue weighted by molar-refractivity contribution is 0.554. The first-order chi connectivity index (χ1) is 7.31. The molecular formula is C12H16ClNS. The molecule has 0 spiro atoms. The summed E-state index contributed by atoms with van der Waals surface area (Å²) in [5.41, 5.74) is 0. The molecule has 0 radical (unpaired) electrons. The van der Waals surface area contributed by atoms with Gasteiger partial charge in [-0.25, -0.2) is 0 Å². The van der Waals surface area contributed by atoms with Crippen LogP contribution in [0.3, 0.4) is 0 Å². The Balaban J connectivity index is 1.89. The van der Waals surface area contributed by atoms with Crippen LogP contribution in [-0.2, 0) is 0 Å². The van der Waals surface area contributed by atoms with E-state index in [-0.39, 0.29) is 0 Å². The van der Waals surface area contributed by atoms with Crippen LogP contribution in [0, 0.1) is 5.92 Å². The summed E-state index contributed by atoms with van der Waals surface area (Å²) in [7, 11) is 2.05. The van der Waals surface area contributed by atoms with Gasteiger partial charge in [-0.3, -0.25) is 0 Å². The molecule has 1 aliphatic carbocycles. The fourth-order valence-corrected chi connectivity index (χ4v) is 3.17. The summed E-state index contributed by atoms with van der Waals surface area (Å²) >= 11 is 7.96. The van der Waals surface area contributed by atoms with Crippen molar-refractivity contribution in [3.8, 4) is 0 Å². The Morgan fingerprint density at radius 1 is 1.47 bits per heavy atom. The standard InChI is InChI=1S/C12H16ClNS/c1-14-11(9-6-7-9)8-15-12-5-3-2-4-10(12)13/h2-5,9,11,14H,6-8H2,1H3. The zero-order valence-electron chi connectivity index (χ0n) is 8.87. The number of nitrogens with one attached hydrogen (secondary N) is 1. The Morgan fingerprint density at radius 3 is 2.80 bits per heavy atom. The fourth-order valence-electron chi connectivity index (χ4n) is 1.70. The smallest absolute Gasteiger partial charge is 0.0541 e. The Labute approximate surface area is 101 Å². The second kappa shape index (κ2) is 5.24. The molecule has 1 nitrogen and oxygen atoms in total. The maximum absolute atomic E-state index is 6.10. The van der Waals surface area contributed by atoms with Crippen LogP contribution in [0.4, 0.5) is 0 Å². The van der Waals surface area contributed by atoms with Crippen molar-refractivity contribution in [1.82, 2.24) is 5.32 Å². The van der Waals surface area contributed by atoms with Gasteiger partial charge in [0.2, 0.25) is 0 Å². The van der Waals surface area contributed by atoms with Gasteiger partial charge in [-0.1, -0.05) is 23.7 Å². The van der Waals surface area contributed by atoms with Gasteiger partial charge in [0.25, 0.3) is 0 Å². The summed E-state index contributed by atoms with van der Waals surface area (Å²) in [6.45, 7) is 0. The largest absolute Gasteiger partial charge is 0.316 e. The third kappa shape index (κ3) is 3.13.